The number of hydrogen-bond donors (Lipinski definition) is 2. The normalized spacial score (nSPS) is 21.5. The number of thioether (sulfide) groups is 1. The van der Waals surface area contributed by atoms with Crippen LogP contribution in [0.5, 0.6) is 0 Å². The number of aliphatic hydroxyl groups is 1. The first-order valence-corrected chi connectivity index (χ1v) is 7.54. The fourth-order valence-corrected chi connectivity index (χ4v) is 3.10. The lowest BCUT2D eigenvalue weighted by Gasteiger charge is -2.20. The number of halogens is 1. The molecule has 0 spiro atoms. The second-order valence-electron chi connectivity index (χ2n) is 4.84. The van der Waals surface area contributed by atoms with Crippen LogP contribution in [0.1, 0.15) is 12.8 Å². The summed E-state index contributed by atoms with van der Waals surface area (Å²) in [5.74, 6) is -1.21. The molecule has 1 aliphatic rings. The van der Waals surface area contributed by atoms with Gasteiger partial charge in [0.15, 0.2) is 0 Å². The van der Waals surface area contributed by atoms with Gasteiger partial charge in [0.2, 0.25) is 5.91 Å². The lowest BCUT2D eigenvalue weighted by Crippen LogP contribution is -2.40. The molecule has 1 heterocycles. The van der Waals surface area contributed by atoms with Crippen molar-refractivity contribution in [2.24, 2.45) is 0 Å². The number of carbonyl (C=O) groups is 2. The van der Waals surface area contributed by atoms with Gasteiger partial charge in [-0.3, -0.25) is 4.79 Å². The Hall–Kier alpha value is -1.60. The molecule has 21 heavy (non-hydrogen) atoms. The van der Waals surface area contributed by atoms with Crippen LogP contribution in [0, 0.1) is 5.82 Å². The average molecular weight is 313 g/mol. The Balaban J connectivity index is 1.84. The first kappa shape index (κ1) is 15.8. The van der Waals surface area contributed by atoms with E-state index in [-0.39, 0.29) is 31.1 Å². The van der Waals surface area contributed by atoms with Gasteiger partial charge in [0.1, 0.15) is 11.9 Å². The maximum atomic E-state index is 12.7. The summed E-state index contributed by atoms with van der Waals surface area (Å²) >= 11 is 1.40. The monoisotopic (exact) mass is 313 g/mol. The Morgan fingerprint density at radius 3 is 2.62 bits per heavy atom. The highest BCUT2D eigenvalue weighted by atomic mass is 32.2. The molecule has 0 bridgehead atoms. The zero-order valence-electron chi connectivity index (χ0n) is 11.2. The number of carbonyl (C=O) groups excluding carboxylic acids is 1. The number of β-amino-alcohol motifs (C(OH)–C–C–N with tert-alkyl or cyclic N) is 1. The topological polar surface area (TPSA) is 77.8 Å². The van der Waals surface area contributed by atoms with E-state index in [0.29, 0.717) is 5.75 Å². The van der Waals surface area contributed by atoms with E-state index in [4.69, 9.17) is 5.11 Å². The minimum Gasteiger partial charge on any atom is -0.480 e. The lowest BCUT2D eigenvalue weighted by molar-refractivity contribution is -0.148. The van der Waals surface area contributed by atoms with Crippen molar-refractivity contribution in [1.82, 2.24) is 4.90 Å². The molecule has 0 saturated carbocycles. The van der Waals surface area contributed by atoms with E-state index in [1.165, 1.54) is 28.8 Å². The minimum atomic E-state index is -1.09. The predicted octanol–water partition coefficient (Wildman–Crippen LogP) is 1.35. The quantitative estimate of drug-likeness (QED) is 0.803. The third-order valence-corrected chi connectivity index (χ3v) is 4.30. The average Bonchev–Trinajstić information content (AvgIpc) is 2.83. The number of likely N-dealkylation sites (tertiary alicyclic amines) is 1. The Morgan fingerprint density at radius 2 is 2.00 bits per heavy atom. The summed E-state index contributed by atoms with van der Waals surface area (Å²) in [7, 11) is 0. The van der Waals surface area contributed by atoms with E-state index in [1.54, 1.807) is 12.1 Å². The predicted molar refractivity (Wildman–Crippen MR) is 75.5 cm³/mol. The number of benzene rings is 1. The summed E-state index contributed by atoms with van der Waals surface area (Å²) in [6, 6.07) is 5.01. The molecule has 114 valence electrons. The van der Waals surface area contributed by atoms with Gasteiger partial charge in [-0.2, -0.15) is 0 Å². The summed E-state index contributed by atoms with van der Waals surface area (Å²) in [5, 5.41) is 18.5. The van der Waals surface area contributed by atoms with E-state index < -0.39 is 18.1 Å². The molecular formula is C14H16FNO4S. The number of aliphatic carboxylic acids is 1. The lowest BCUT2D eigenvalue weighted by atomic mass is 10.2. The molecule has 1 amide bonds. The van der Waals surface area contributed by atoms with Crippen LogP contribution in [0.2, 0.25) is 0 Å². The third kappa shape index (κ3) is 4.18. The molecule has 1 aromatic rings. The van der Waals surface area contributed by atoms with Crippen LogP contribution in [0.3, 0.4) is 0 Å². The molecule has 5 nitrogen and oxygen atoms in total. The van der Waals surface area contributed by atoms with Gasteiger partial charge in [-0.25, -0.2) is 9.18 Å². The van der Waals surface area contributed by atoms with E-state index in [9.17, 15) is 19.1 Å². The van der Waals surface area contributed by atoms with Crippen molar-refractivity contribution in [3.63, 3.8) is 0 Å². The van der Waals surface area contributed by atoms with E-state index >= 15 is 0 Å². The highest BCUT2D eigenvalue weighted by Gasteiger charge is 2.38. The van der Waals surface area contributed by atoms with Crippen LogP contribution in [0.4, 0.5) is 4.39 Å². The summed E-state index contributed by atoms with van der Waals surface area (Å²) in [6.07, 6.45) is -0.523. The highest BCUT2D eigenvalue weighted by molar-refractivity contribution is 7.99. The van der Waals surface area contributed by atoms with Crippen molar-refractivity contribution >= 4 is 23.6 Å². The van der Waals surface area contributed by atoms with Gasteiger partial charge in [-0.1, -0.05) is 0 Å². The number of nitrogens with zero attached hydrogens (tertiary/aromatic N) is 1. The molecule has 2 rings (SSSR count). The van der Waals surface area contributed by atoms with Gasteiger partial charge in [0.25, 0.3) is 0 Å². The Morgan fingerprint density at radius 1 is 1.33 bits per heavy atom. The van der Waals surface area contributed by atoms with Gasteiger partial charge in [-0.05, 0) is 24.3 Å². The zero-order valence-corrected chi connectivity index (χ0v) is 12.1. The summed E-state index contributed by atoms with van der Waals surface area (Å²) in [5.41, 5.74) is 0. The van der Waals surface area contributed by atoms with Gasteiger partial charge in [0.05, 0.1) is 6.10 Å². The van der Waals surface area contributed by atoms with Gasteiger partial charge in [0, 0.05) is 30.0 Å². The maximum absolute atomic E-state index is 12.7. The zero-order chi connectivity index (χ0) is 15.4. The Kier molecular flexibility index (Phi) is 5.19. The van der Waals surface area contributed by atoms with Crippen molar-refractivity contribution in [3.05, 3.63) is 30.1 Å². The van der Waals surface area contributed by atoms with Crippen LogP contribution in [0.15, 0.2) is 29.2 Å². The molecular weight excluding hydrogens is 297 g/mol. The van der Waals surface area contributed by atoms with Crippen LogP contribution in [-0.2, 0) is 9.59 Å². The van der Waals surface area contributed by atoms with Gasteiger partial charge in [-0.15, -0.1) is 11.8 Å². The van der Waals surface area contributed by atoms with Crippen molar-refractivity contribution in [2.45, 2.75) is 29.9 Å². The number of amides is 1. The van der Waals surface area contributed by atoms with Gasteiger partial charge < -0.3 is 15.1 Å². The summed E-state index contributed by atoms with van der Waals surface area (Å²) in [6.45, 7) is 0.0665. The molecule has 0 aromatic heterocycles. The summed E-state index contributed by atoms with van der Waals surface area (Å²) in [4.78, 5) is 25.1. The maximum Gasteiger partial charge on any atom is 0.326 e. The molecule has 0 radical (unpaired) electrons. The Bertz CT molecular complexity index is 522. The molecule has 1 saturated heterocycles. The molecule has 7 heteroatoms. The fraction of sp³-hybridized carbons (Fsp3) is 0.429. The number of carboxylic acids is 1. The minimum absolute atomic E-state index is 0.0665. The number of carboxylic acid groups (broad SMARTS) is 1. The molecule has 1 aromatic carbocycles. The van der Waals surface area contributed by atoms with Crippen LogP contribution < -0.4 is 0 Å². The van der Waals surface area contributed by atoms with Crippen LogP contribution in [0.25, 0.3) is 0 Å². The van der Waals surface area contributed by atoms with Crippen LogP contribution >= 0.6 is 11.8 Å². The second-order valence-corrected chi connectivity index (χ2v) is 6.01. The fourth-order valence-electron chi connectivity index (χ4n) is 2.25. The van der Waals surface area contributed by atoms with Crippen molar-refractivity contribution < 1.29 is 24.2 Å². The first-order valence-electron chi connectivity index (χ1n) is 6.56. The van der Waals surface area contributed by atoms with E-state index in [0.717, 1.165) is 4.90 Å². The molecule has 2 atom stereocenters. The molecule has 1 aliphatic heterocycles. The summed E-state index contributed by atoms with van der Waals surface area (Å²) < 4.78 is 12.7. The Labute approximate surface area is 125 Å². The molecule has 0 unspecified atom stereocenters. The first-order chi connectivity index (χ1) is 9.97. The molecule has 2 N–H and O–H groups in total. The molecule has 1 fully saturated rings. The van der Waals surface area contributed by atoms with E-state index in [2.05, 4.69) is 0 Å². The second kappa shape index (κ2) is 6.91. The van der Waals surface area contributed by atoms with Crippen molar-refractivity contribution in [2.75, 3.05) is 12.3 Å². The van der Waals surface area contributed by atoms with Crippen molar-refractivity contribution in [1.29, 1.82) is 0 Å². The largest absolute Gasteiger partial charge is 0.480 e. The smallest absolute Gasteiger partial charge is 0.326 e. The number of hydrogen-bond acceptors (Lipinski definition) is 4. The highest BCUT2D eigenvalue weighted by Crippen LogP contribution is 2.22. The molecule has 0 aliphatic carbocycles. The third-order valence-electron chi connectivity index (χ3n) is 3.28. The van der Waals surface area contributed by atoms with Crippen molar-refractivity contribution in [3.8, 4) is 0 Å². The number of aliphatic hydroxyl groups excluding tert-OH is 1. The van der Waals surface area contributed by atoms with Crippen LogP contribution in [-0.4, -0.2) is 51.4 Å². The SMILES string of the molecule is O=C(O)[C@H]1C[C@@H](O)CN1C(=O)CCSc1ccc(F)cc1. The number of rotatable bonds is 5. The standard InChI is InChI=1S/C14H16FNO4S/c15-9-1-3-11(4-2-9)21-6-5-13(18)16-8-10(17)7-12(16)14(19)20/h1-4,10,12,17H,5-8H2,(H,19,20)/t10-,12-/m1/s1. The van der Waals surface area contributed by atoms with E-state index in [1.807, 2.05) is 0 Å². The van der Waals surface area contributed by atoms with Gasteiger partial charge >= 0.3 is 5.97 Å².